The summed E-state index contributed by atoms with van der Waals surface area (Å²) in [5.41, 5.74) is 4.41. The number of aromatic nitrogens is 5. The third kappa shape index (κ3) is 4.91. The Morgan fingerprint density at radius 2 is 1.74 bits per heavy atom. The molecular weight excluding hydrogens is 452 g/mol. The fourth-order valence-corrected chi connectivity index (χ4v) is 4.27. The molecule has 0 bridgehead atoms. The highest BCUT2D eigenvalue weighted by Crippen LogP contribution is 2.31. The molecule has 10 heteroatoms. The van der Waals surface area contributed by atoms with Gasteiger partial charge >= 0.3 is 0 Å². The number of carbonyl (C=O) groups is 1. The maximum atomic E-state index is 12.7. The first-order valence-electron chi connectivity index (χ1n) is 10.6. The van der Waals surface area contributed by atoms with E-state index in [-0.39, 0.29) is 11.7 Å². The summed E-state index contributed by atoms with van der Waals surface area (Å²) in [7, 11) is 5.00. The zero-order valence-corrected chi connectivity index (χ0v) is 20.5. The Labute approximate surface area is 202 Å². The molecule has 4 aromatic rings. The predicted molar refractivity (Wildman–Crippen MR) is 132 cm³/mol. The van der Waals surface area contributed by atoms with Gasteiger partial charge in [-0.15, -0.1) is 10.2 Å². The molecule has 0 fully saturated rings. The minimum Gasteiger partial charge on any atom is -0.493 e. The molecule has 0 radical (unpaired) electrons. The van der Waals surface area contributed by atoms with E-state index in [1.807, 2.05) is 55.8 Å². The van der Waals surface area contributed by atoms with Crippen molar-refractivity contribution in [3.8, 4) is 28.7 Å². The van der Waals surface area contributed by atoms with Crippen LogP contribution in [-0.4, -0.2) is 50.4 Å². The molecule has 0 aliphatic heterocycles. The number of methoxy groups -OCH3 is 2. The lowest BCUT2D eigenvalue weighted by Crippen LogP contribution is -2.14. The van der Waals surface area contributed by atoms with Crippen molar-refractivity contribution >= 4 is 23.4 Å². The van der Waals surface area contributed by atoms with Crippen LogP contribution in [0.15, 0.2) is 53.7 Å². The molecule has 0 atom stereocenters. The van der Waals surface area contributed by atoms with E-state index in [4.69, 9.17) is 9.47 Å². The second-order valence-electron chi connectivity index (χ2n) is 7.68. The zero-order chi connectivity index (χ0) is 24.2. The first-order chi connectivity index (χ1) is 16.4. The van der Waals surface area contributed by atoms with Gasteiger partial charge in [0.2, 0.25) is 5.91 Å². The minimum atomic E-state index is -0.173. The van der Waals surface area contributed by atoms with Gasteiger partial charge in [-0.3, -0.25) is 14.0 Å². The maximum Gasteiger partial charge on any atom is 0.234 e. The molecule has 0 unspecified atom stereocenters. The standard InChI is InChI=1S/C24H26N6O3S/c1-15-6-9-18(10-7-15)30-23(19-12-16(2)28-29(19)3)26-27-24(30)34-14-22(31)25-17-8-11-20(32-4)21(13-17)33-5/h6-13H,14H2,1-5H3,(H,25,31). The minimum absolute atomic E-state index is 0.156. The average Bonchev–Trinajstić information content (AvgIpc) is 3.39. The van der Waals surface area contributed by atoms with Crippen LogP contribution in [0.25, 0.3) is 17.2 Å². The second-order valence-corrected chi connectivity index (χ2v) is 8.62. The molecule has 2 aromatic carbocycles. The summed E-state index contributed by atoms with van der Waals surface area (Å²) in [5.74, 6) is 1.79. The lowest BCUT2D eigenvalue weighted by molar-refractivity contribution is -0.113. The fourth-order valence-electron chi connectivity index (χ4n) is 3.52. The van der Waals surface area contributed by atoms with Crippen LogP contribution in [0, 0.1) is 13.8 Å². The largest absolute Gasteiger partial charge is 0.493 e. The van der Waals surface area contributed by atoms with Gasteiger partial charge in [0.25, 0.3) is 0 Å². The van der Waals surface area contributed by atoms with Gasteiger partial charge in [0, 0.05) is 24.5 Å². The highest BCUT2D eigenvalue weighted by Gasteiger charge is 2.20. The number of rotatable bonds is 8. The molecule has 0 saturated heterocycles. The summed E-state index contributed by atoms with van der Waals surface area (Å²) in [6, 6.07) is 15.3. The van der Waals surface area contributed by atoms with Gasteiger partial charge in [-0.25, -0.2) is 0 Å². The molecule has 4 rings (SSSR count). The molecule has 2 aromatic heterocycles. The van der Waals surface area contributed by atoms with Crippen LogP contribution < -0.4 is 14.8 Å². The third-order valence-corrected chi connectivity index (χ3v) is 6.09. The SMILES string of the molecule is COc1ccc(NC(=O)CSc2nnc(-c3cc(C)nn3C)n2-c2ccc(C)cc2)cc1OC. The van der Waals surface area contributed by atoms with E-state index >= 15 is 0 Å². The van der Waals surface area contributed by atoms with Crippen LogP contribution in [0.4, 0.5) is 5.69 Å². The summed E-state index contributed by atoms with van der Waals surface area (Å²) >= 11 is 1.31. The van der Waals surface area contributed by atoms with Crippen molar-refractivity contribution < 1.29 is 14.3 Å². The van der Waals surface area contributed by atoms with Gasteiger partial charge in [-0.2, -0.15) is 5.10 Å². The Balaban J connectivity index is 1.58. The maximum absolute atomic E-state index is 12.7. The van der Waals surface area contributed by atoms with Crippen LogP contribution >= 0.6 is 11.8 Å². The molecule has 0 saturated carbocycles. The molecule has 2 heterocycles. The lowest BCUT2D eigenvalue weighted by atomic mass is 10.2. The average molecular weight is 479 g/mol. The van der Waals surface area contributed by atoms with E-state index in [1.165, 1.54) is 11.8 Å². The summed E-state index contributed by atoms with van der Waals surface area (Å²) in [4.78, 5) is 12.7. The number of nitrogens with one attached hydrogen (secondary N) is 1. The number of carbonyl (C=O) groups excluding carboxylic acids is 1. The van der Waals surface area contributed by atoms with Crippen molar-refractivity contribution in [2.45, 2.75) is 19.0 Å². The van der Waals surface area contributed by atoms with Gasteiger partial charge in [0.05, 0.1) is 25.7 Å². The number of thioether (sulfide) groups is 1. The molecule has 1 amide bonds. The zero-order valence-electron chi connectivity index (χ0n) is 19.7. The summed E-state index contributed by atoms with van der Waals surface area (Å²) < 4.78 is 14.3. The molecule has 176 valence electrons. The Morgan fingerprint density at radius 3 is 2.38 bits per heavy atom. The van der Waals surface area contributed by atoms with Crippen LogP contribution in [0.3, 0.4) is 0 Å². The fraction of sp³-hybridized carbons (Fsp3) is 0.250. The Morgan fingerprint density at radius 1 is 1.00 bits per heavy atom. The Kier molecular flexibility index (Phi) is 6.87. The van der Waals surface area contributed by atoms with E-state index in [0.29, 0.717) is 28.2 Å². The van der Waals surface area contributed by atoms with Gasteiger partial charge in [0.1, 0.15) is 5.69 Å². The molecule has 0 spiro atoms. The Bertz CT molecular complexity index is 1310. The van der Waals surface area contributed by atoms with Gasteiger partial charge in [-0.1, -0.05) is 29.5 Å². The molecule has 0 aliphatic rings. The molecule has 34 heavy (non-hydrogen) atoms. The molecule has 1 N–H and O–H groups in total. The van der Waals surface area contributed by atoms with E-state index in [2.05, 4.69) is 20.6 Å². The summed E-state index contributed by atoms with van der Waals surface area (Å²) in [6.07, 6.45) is 0. The quantitative estimate of drug-likeness (QED) is 0.382. The van der Waals surface area contributed by atoms with Crippen molar-refractivity contribution in [2.75, 3.05) is 25.3 Å². The number of anilines is 1. The highest BCUT2D eigenvalue weighted by molar-refractivity contribution is 7.99. The van der Waals surface area contributed by atoms with E-state index in [0.717, 1.165) is 22.6 Å². The second kappa shape index (κ2) is 10.0. The normalized spacial score (nSPS) is 10.9. The first-order valence-corrected chi connectivity index (χ1v) is 11.6. The number of nitrogens with zero attached hydrogens (tertiary/aromatic N) is 5. The number of hydrogen-bond donors (Lipinski definition) is 1. The van der Waals surface area contributed by atoms with Gasteiger partial charge in [-0.05, 0) is 44.2 Å². The number of hydrogen-bond acceptors (Lipinski definition) is 7. The third-order valence-electron chi connectivity index (χ3n) is 5.16. The number of benzene rings is 2. The highest BCUT2D eigenvalue weighted by atomic mass is 32.2. The smallest absolute Gasteiger partial charge is 0.234 e. The van der Waals surface area contributed by atoms with E-state index < -0.39 is 0 Å². The van der Waals surface area contributed by atoms with Crippen molar-refractivity contribution in [1.82, 2.24) is 24.5 Å². The number of ether oxygens (including phenoxy) is 2. The van der Waals surface area contributed by atoms with Crippen molar-refractivity contribution in [2.24, 2.45) is 7.05 Å². The van der Waals surface area contributed by atoms with Crippen molar-refractivity contribution in [1.29, 1.82) is 0 Å². The van der Waals surface area contributed by atoms with Crippen LogP contribution in [0.1, 0.15) is 11.3 Å². The summed E-state index contributed by atoms with van der Waals surface area (Å²) in [5, 5.41) is 16.8. The number of aryl methyl sites for hydroxylation is 3. The van der Waals surface area contributed by atoms with Crippen molar-refractivity contribution in [3.05, 3.63) is 59.8 Å². The van der Waals surface area contributed by atoms with E-state index in [1.54, 1.807) is 37.1 Å². The van der Waals surface area contributed by atoms with Gasteiger partial charge in [0.15, 0.2) is 22.5 Å². The number of amides is 1. The molecule has 0 aliphatic carbocycles. The van der Waals surface area contributed by atoms with E-state index in [9.17, 15) is 4.79 Å². The van der Waals surface area contributed by atoms with Crippen molar-refractivity contribution in [3.63, 3.8) is 0 Å². The summed E-state index contributed by atoms with van der Waals surface area (Å²) in [6.45, 7) is 3.97. The van der Waals surface area contributed by atoms with Crippen LogP contribution in [-0.2, 0) is 11.8 Å². The van der Waals surface area contributed by atoms with Crippen LogP contribution in [0.5, 0.6) is 11.5 Å². The molecule has 9 nitrogen and oxygen atoms in total. The topological polar surface area (TPSA) is 96.1 Å². The van der Waals surface area contributed by atoms with Crippen LogP contribution in [0.2, 0.25) is 0 Å². The monoisotopic (exact) mass is 478 g/mol. The molecular formula is C24H26N6O3S. The van der Waals surface area contributed by atoms with Gasteiger partial charge < -0.3 is 14.8 Å². The predicted octanol–water partition coefficient (Wildman–Crippen LogP) is 4.03. The first kappa shape index (κ1) is 23.4. The Hall–Kier alpha value is -3.79. The lowest BCUT2D eigenvalue weighted by Gasteiger charge is -2.12.